The molecule has 7 nitrogen and oxygen atoms in total. The number of anilines is 1. The van der Waals surface area contributed by atoms with Gasteiger partial charge in [0.15, 0.2) is 0 Å². The van der Waals surface area contributed by atoms with Crippen molar-refractivity contribution in [3.8, 4) is 0 Å². The number of esters is 1. The number of aromatic nitrogens is 1. The number of unbranched alkanes of at least 4 members (excludes halogenated alkanes) is 4. The van der Waals surface area contributed by atoms with E-state index in [0.717, 1.165) is 38.6 Å². The number of nitrogens with one attached hydrogen (secondary N) is 2. The molecular weight excluding hydrogens is 334 g/mol. The van der Waals surface area contributed by atoms with E-state index in [1.54, 1.807) is 18.3 Å². The standard InChI is InChI=1S/C19H31N3O4/c1-19(2,3)26-18(24)22-13-9-7-5-6-8-12-20-16-15(17(23)25-4)11-10-14-21-16/h10-11,14H,5-9,12-13H2,1-4H3,(H,20,21)(H,22,24). The van der Waals surface area contributed by atoms with Crippen molar-refractivity contribution in [1.29, 1.82) is 0 Å². The molecule has 0 aliphatic carbocycles. The number of rotatable bonds is 10. The van der Waals surface area contributed by atoms with Gasteiger partial charge in [-0.15, -0.1) is 0 Å². The average molecular weight is 365 g/mol. The highest BCUT2D eigenvalue weighted by atomic mass is 16.6. The van der Waals surface area contributed by atoms with Gasteiger partial charge in [0.05, 0.1) is 7.11 Å². The Balaban J connectivity index is 2.09. The van der Waals surface area contributed by atoms with Crippen LogP contribution in [0, 0.1) is 0 Å². The summed E-state index contributed by atoms with van der Waals surface area (Å²) < 4.78 is 9.92. The second-order valence-corrected chi connectivity index (χ2v) is 7.01. The lowest BCUT2D eigenvalue weighted by Crippen LogP contribution is -2.32. The number of amides is 1. The summed E-state index contributed by atoms with van der Waals surface area (Å²) in [5, 5.41) is 5.94. The van der Waals surface area contributed by atoms with Crippen molar-refractivity contribution in [3.05, 3.63) is 23.9 Å². The molecular formula is C19H31N3O4. The van der Waals surface area contributed by atoms with Gasteiger partial charge in [0.1, 0.15) is 17.0 Å². The van der Waals surface area contributed by atoms with E-state index in [4.69, 9.17) is 9.47 Å². The highest BCUT2D eigenvalue weighted by molar-refractivity contribution is 5.94. The average Bonchev–Trinajstić information content (AvgIpc) is 2.58. The number of carbonyl (C=O) groups excluding carboxylic acids is 2. The van der Waals surface area contributed by atoms with Crippen molar-refractivity contribution in [1.82, 2.24) is 10.3 Å². The Kier molecular flexibility index (Phi) is 9.47. The maximum Gasteiger partial charge on any atom is 0.407 e. The number of pyridine rings is 1. The Hall–Kier alpha value is -2.31. The summed E-state index contributed by atoms with van der Waals surface area (Å²) in [6.07, 6.45) is 6.40. The molecule has 0 aromatic carbocycles. The Morgan fingerprint density at radius 3 is 2.38 bits per heavy atom. The molecule has 0 saturated heterocycles. The first kappa shape index (κ1) is 21.7. The van der Waals surface area contributed by atoms with E-state index in [9.17, 15) is 9.59 Å². The maximum absolute atomic E-state index is 11.7. The molecule has 7 heteroatoms. The van der Waals surface area contributed by atoms with Crippen molar-refractivity contribution in [2.24, 2.45) is 0 Å². The van der Waals surface area contributed by atoms with Gasteiger partial charge in [-0.1, -0.05) is 19.3 Å². The van der Waals surface area contributed by atoms with Crippen LogP contribution in [0.4, 0.5) is 10.6 Å². The third kappa shape index (κ3) is 9.25. The van der Waals surface area contributed by atoms with Crippen molar-refractivity contribution < 1.29 is 19.1 Å². The second-order valence-electron chi connectivity index (χ2n) is 7.01. The number of hydrogen-bond donors (Lipinski definition) is 2. The maximum atomic E-state index is 11.7. The van der Waals surface area contributed by atoms with Gasteiger partial charge in [-0.2, -0.15) is 0 Å². The molecule has 0 saturated carbocycles. The van der Waals surface area contributed by atoms with Crippen molar-refractivity contribution >= 4 is 17.9 Å². The molecule has 1 heterocycles. The van der Waals surface area contributed by atoms with Crippen LogP contribution in [0.2, 0.25) is 0 Å². The van der Waals surface area contributed by atoms with Crippen LogP contribution in [0.25, 0.3) is 0 Å². The Bertz CT molecular complexity index is 570. The molecule has 1 aromatic rings. The first-order valence-corrected chi connectivity index (χ1v) is 9.07. The highest BCUT2D eigenvalue weighted by Gasteiger charge is 2.15. The fraction of sp³-hybridized carbons (Fsp3) is 0.632. The van der Waals surface area contributed by atoms with Gasteiger partial charge in [0.25, 0.3) is 0 Å². The van der Waals surface area contributed by atoms with E-state index in [-0.39, 0.29) is 6.09 Å². The third-order valence-corrected chi connectivity index (χ3v) is 3.53. The molecule has 1 rings (SSSR count). The minimum Gasteiger partial charge on any atom is -0.465 e. The molecule has 0 aliphatic rings. The molecule has 0 aliphatic heterocycles. The van der Waals surface area contributed by atoms with Crippen molar-refractivity contribution in [2.45, 2.75) is 58.5 Å². The minimum absolute atomic E-state index is 0.363. The number of alkyl carbamates (subject to hydrolysis) is 1. The zero-order valence-corrected chi connectivity index (χ0v) is 16.3. The van der Waals surface area contributed by atoms with Crippen molar-refractivity contribution in [3.63, 3.8) is 0 Å². The topological polar surface area (TPSA) is 89.5 Å². The van der Waals surface area contributed by atoms with Gasteiger partial charge in [0.2, 0.25) is 0 Å². The number of ether oxygens (including phenoxy) is 2. The largest absolute Gasteiger partial charge is 0.465 e. The van der Waals surface area contributed by atoms with E-state index in [2.05, 4.69) is 15.6 Å². The first-order chi connectivity index (χ1) is 12.3. The second kappa shape index (κ2) is 11.3. The lowest BCUT2D eigenvalue weighted by Gasteiger charge is -2.19. The summed E-state index contributed by atoms with van der Waals surface area (Å²) in [5.74, 6) is 0.166. The number of hydrogen-bond acceptors (Lipinski definition) is 6. The molecule has 0 atom stereocenters. The molecule has 0 unspecified atom stereocenters. The van der Waals surface area contributed by atoms with E-state index < -0.39 is 11.6 Å². The highest BCUT2D eigenvalue weighted by Crippen LogP contribution is 2.13. The van der Waals surface area contributed by atoms with Gasteiger partial charge in [-0.25, -0.2) is 14.6 Å². The van der Waals surface area contributed by atoms with Gasteiger partial charge in [-0.3, -0.25) is 0 Å². The van der Waals surface area contributed by atoms with Gasteiger partial charge >= 0.3 is 12.1 Å². The van der Waals surface area contributed by atoms with Crippen LogP contribution in [0.3, 0.4) is 0 Å². The van der Waals surface area contributed by atoms with E-state index in [1.165, 1.54) is 7.11 Å². The zero-order valence-electron chi connectivity index (χ0n) is 16.3. The fourth-order valence-corrected chi connectivity index (χ4v) is 2.31. The Morgan fingerprint density at radius 2 is 1.73 bits per heavy atom. The normalized spacial score (nSPS) is 10.9. The van der Waals surface area contributed by atoms with Gasteiger partial charge < -0.3 is 20.1 Å². The molecule has 26 heavy (non-hydrogen) atoms. The molecule has 146 valence electrons. The van der Waals surface area contributed by atoms with Crippen LogP contribution < -0.4 is 10.6 Å². The van der Waals surface area contributed by atoms with Crippen LogP contribution in [-0.2, 0) is 9.47 Å². The van der Waals surface area contributed by atoms with E-state index in [1.807, 2.05) is 20.8 Å². The van der Waals surface area contributed by atoms with Crippen LogP contribution in [-0.4, -0.2) is 42.8 Å². The summed E-state index contributed by atoms with van der Waals surface area (Å²) >= 11 is 0. The van der Waals surface area contributed by atoms with E-state index >= 15 is 0 Å². The Labute approximate surface area is 155 Å². The van der Waals surface area contributed by atoms with Gasteiger partial charge in [-0.05, 0) is 45.7 Å². The quantitative estimate of drug-likeness (QED) is 0.485. The molecule has 0 spiro atoms. The Morgan fingerprint density at radius 1 is 1.08 bits per heavy atom. The smallest absolute Gasteiger partial charge is 0.407 e. The van der Waals surface area contributed by atoms with Crippen LogP contribution in [0.1, 0.15) is 63.2 Å². The molecule has 2 N–H and O–H groups in total. The summed E-state index contributed by atoms with van der Waals surface area (Å²) in [5.41, 5.74) is -0.0125. The zero-order chi connectivity index (χ0) is 19.4. The van der Waals surface area contributed by atoms with Crippen LogP contribution >= 0.6 is 0 Å². The predicted molar refractivity (Wildman–Crippen MR) is 101 cm³/mol. The van der Waals surface area contributed by atoms with Crippen molar-refractivity contribution in [2.75, 3.05) is 25.5 Å². The summed E-state index contributed by atoms with van der Waals surface area (Å²) in [6.45, 7) is 6.92. The predicted octanol–water partition coefficient (Wildman–Crippen LogP) is 3.76. The summed E-state index contributed by atoms with van der Waals surface area (Å²) in [7, 11) is 1.36. The molecule has 0 fully saturated rings. The SMILES string of the molecule is COC(=O)c1cccnc1NCCCCCCCNC(=O)OC(C)(C)C. The third-order valence-electron chi connectivity index (χ3n) is 3.53. The lowest BCUT2D eigenvalue weighted by atomic mass is 10.1. The molecule has 0 bridgehead atoms. The molecule has 1 amide bonds. The summed E-state index contributed by atoms with van der Waals surface area (Å²) in [6, 6.07) is 3.40. The van der Waals surface area contributed by atoms with Crippen LogP contribution in [0.5, 0.6) is 0 Å². The summed E-state index contributed by atoms with van der Waals surface area (Å²) in [4.78, 5) is 27.3. The van der Waals surface area contributed by atoms with Gasteiger partial charge in [0, 0.05) is 19.3 Å². The minimum atomic E-state index is -0.460. The number of carbonyl (C=O) groups is 2. The number of nitrogens with zero attached hydrogens (tertiary/aromatic N) is 1. The molecule has 0 radical (unpaired) electrons. The van der Waals surface area contributed by atoms with E-state index in [0.29, 0.717) is 17.9 Å². The molecule has 1 aromatic heterocycles. The first-order valence-electron chi connectivity index (χ1n) is 9.07. The monoisotopic (exact) mass is 365 g/mol. The number of methoxy groups -OCH3 is 1. The lowest BCUT2D eigenvalue weighted by molar-refractivity contribution is 0.0525. The fourth-order valence-electron chi connectivity index (χ4n) is 2.31. The van der Waals surface area contributed by atoms with Crippen LogP contribution in [0.15, 0.2) is 18.3 Å².